The van der Waals surface area contributed by atoms with Crippen LogP contribution in [0.15, 0.2) is 60.3 Å². The lowest BCUT2D eigenvalue weighted by Crippen LogP contribution is -2.49. The molecule has 0 spiro atoms. The average Bonchev–Trinajstić information content (AvgIpc) is 3.34. The number of amides is 1. The van der Waals surface area contributed by atoms with Gasteiger partial charge in [-0.25, -0.2) is 4.79 Å². The molecule has 2 saturated heterocycles. The molecule has 46 heavy (non-hydrogen) atoms. The fourth-order valence-electron chi connectivity index (χ4n) is 6.72. The SMILES string of the molecule is C/C(=C\C=C\[C@@H](C)c1ccccn1)[C@H]1OC(=O)C[C@H](O)CC[C@@](C)(O)[C@H](OC(=O)N2CCC(N3CCCCCC3)CC2)/C=C/[C@@H]1C. The van der Waals surface area contributed by atoms with Crippen molar-refractivity contribution >= 4 is 12.1 Å². The topological polar surface area (TPSA) is 112 Å². The van der Waals surface area contributed by atoms with E-state index < -0.39 is 36.0 Å². The van der Waals surface area contributed by atoms with Gasteiger partial charge in [0.1, 0.15) is 11.7 Å². The van der Waals surface area contributed by atoms with Gasteiger partial charge in [-0.05, 0) is 89.2 Å². The van der Waals surface area contributed by atoms with E-state index in [4.69, 9.17) is 9.47 Å². The molecule has 254 valence electrons. The van der Waals surface area contributed by atoms with Crippen molar-refractivity contribution in [3.05, 3.63) is 66.0 Å². The van der Waals surface area contributed by atoms with E-state index in [2.05, 4.69) is 16.8 Å². The molecule has 3 aliphatic rings. The Kier molecular flexibility index (Phi) is 13.4. The molecule has 0 unspecified atom stereocenters. The highest BCUT2D eigenvalue weighted by Gasteiger charge is 2.37. The first kappa shape index (κ1) is 35.8. The predicted molar refractivity (Wildman–Crippen MR) is 179 cm³/mol. The zero-order chi connectivity index (χ0) is 33.1. The highest BCUT2D eigenvalue weighted by atomic mass is 16.6. The van der Waals surface area contributed by atoms with Crippen molar-refractivity contribution < 1.29 is 29.3 Å². The minimum absolute atomic E-state index is 0.106. The molecule has 1 aromatic rings. The van der Waals surface area contributed by atoms with Crippen LogP contribution in [0.4, 0.5) is 4.79 Å². The van der Waals surface area contributed by atoms with Crippen LogP contribution in [0.2, 0.25) is 0 Å². The maximum Gasteiger partial charge on any atom is 0.410 e. The number of allylic oxidation sites excluding steroid dienone is 3. The van der Waals surface area contributed by atoms with E-state index in [0.717, 1.165) is 37.2 Å². The van der Waals surface area contributed by atoms with Crippen molar-refractivity contribution in [3.63, 3.8) is 0 Å². The number of hydrogen-bond acceptors (Lipinski definition) is 8. The summed E-state index contributed by atoms with van der Waals surface area (Å²) in [5, 5.41) is 22.1. The third-order valence-electron chi connectivity index (χ3n) is 9.79. The van der Waals surface area contributed by atoms with E-state index in [-0.39, 0.29) is 31.1 Å². The Balaban J connectivity index is 1.45. The minimum Gasteiger partial charge on any atom is -0.457 e. The molecule has 4 heterocycles. The van der Waals surface area contributed by atoms with Gasteiger partial charge in [0.2, 0.25) is 0 Å². The minimum atomic E-state index is -1.44. The average molecular weight is 638 g/mol. The molecule has 4 rings (SSSR count). The fourth-order valence-corrected chi connectivity index (χ4v) is 6.72. The number of aliphatic hydroxyl groups is 2. The summed E-state index contributed by atoms with van der Waals surface area (Å²) < 4.78 is 11.9. The number of likely N-dealkylation sites (tertiary alicyclic amines) is 2. The van der Waals surface area contributed by atoms with Crippen LogP contribution in [0.5, 0.6) is 0 Å². The van der Waals surface area contributed by atoms with Crippen molar-refractivity contribution in [3.8, 4) is 0 Å². The van der Waals surface area contributed by atoms with Gasteiger partial charge in [0, 0.05) is 42.9 Å². The molecular weight excluding hydrogens is 582 g/mol. The number of carbonyl (C=O) groups excluding carboxylic acids is 2. The van der Waals surface area contributed by atoms with Gasteiger partial charge >= 0.3 is 12.1 Å². The van der Waals surface area contributed by atoms with Gasteiger partial charge in [-0.2, -0.15) is 0 Å². The standard InChI is InChI=1S/C37H55N3O6/c1-27(32-14-7-8-21-38-32)12-11-13-28(2)35-29(3)15-16-33(37(4,44)20-17-31(41)26-34(42)46-35)45-36(43)40-24-18-30(19-25-40)39-22-9-5-6-10-23-39/h7-8,11-16,21,27,29-31,33,35,41,44H,5-6,9-10,17-20,22-26H2,1-4H3/b12-11+,16-15+,28-13+/t27-,29+,31-,33-,35-,37-/m1/s1. The summed E-state index contributed by atoms with van der Waals surface area (Å²) in [6.07, 6.45) is 15.3. The number of ether oxygens (including phenoxy) is 2. The number of pyridine rings is 1. The summed E-state index contributed by atoms with van der Waals surface area (Å²) in [7, 11) is 0. The van der Waals surface area contributed by atoms with Crippen molar-refractivity contribution in [2.75, 3.05) is 26.2 Å². The molecule has 2 fully saturated rings. The van der Waals surface area contributed by atoms with Crippen molar-refractivity contribution in [2.24, 2.45) is 5.92 Å². The monoisotopic (exact) mass is 637 g/mol. The summed E-state index contributed by atoms with van der Waals surface area (Å²) in [5.41, 5.74) is 0.349. The number of rotatable bonds is 6. The molecule has 0 radical (unpaired) electrons. The van der Waals surface area contributed by atoms with Gasteiger partial charge < -0.3 is 29.5 Å². The van der Waals surface area contributed by atoms with Crippen LogP contribution in [0.1, 0.15) is 97.1 Å². The Labute approximate surface area is 275 Å². The number of nitrogens with zero attached hydrogens (tertiary/aromatic N) is 3. The van der Waals surface area contributed by atoms with E-state index >= 15 is 0 Å². The largest absolute Gasteiger partial charge is 0.457 e. The lowest BCUT2D eigenvalue weighted by Gasteiger charge is -2.39. The van der Waals surface area contributed by atoms with E-state index in [1.165, 1.54) is 25.7 Å². The fraction of sp³-hybridized carbons (Fsp3) is 0.649. The number of hydrogen-bond donors (Lipinski definition) is 2. The maximum absolute atomic E-state index is 13.4. The Hall–Kier alpha value is -3.01. The Morgan fingerprint density at radius 1 is 1.11 bits per heavy atom. The molecule has 2 N–H and O–H groups in total. The van der Waals surface area contributed by atoms with Gasteiger partial charge in [-0.15, -0.1) is 0 Å². The second-order valence-corrected chi connectivity index (χ2v) is 13.7. The number of cyclic esters (lactones) is 1. The summed E-state index contributed by atoms with van der Waals surface area (Å²) in [4.78, 5) is 35.0. The van der Waals surface area contributed by atoms with Crippen LogP contribution >= 0.6 is 0 Å². The normalized spacial score (nSPS) is 31.3. The van der Waals surface area contributed by atoms with Gasteiger partial charge in [-0.3, -0.25) is 9.78 Å². The van der Waals surface area contributed by atoms with Gasteiger partial charge in [0.25, 0.3) is 0 Å². The van der Waals surface area contributed by atoms with Crippen molar-refractivity contribution in [1.82, 2.24) is 14.8 Å². The summed E-state index contributed by atoms with van der Waals surface area (Å²) in [6.45, 7) is 11.1. The second kappa shape index (κ2) is 17.2. The lowest BCUT2D eigenvalue weighted by atomic mass is 9.88. The summed E-state index contributed by atoms with van der Waals surface area (Å²) in [5.74, 6) is -0.683. The first-order valence-electron chi connectivity index (χ1n) is 17.3. The number of aromatic nitrogens is 1. The number of aliphatic hydroxyl groups excluding tert-OH is 1. The molecular formula is C37H55N3O6. The number of piperidine rings is 1. The first-order valence-corrected chi connectivity index (χ1v) is 17.3. The molecule has 0 aliphatic carbocycles. The molecule has 3 aliphatic heterocycles. The Morgan fingerprint density at radius 3 is 2.50 bits per heavy atom. The molecule has 0 bridgehead atoms. The van der Waals surface area contributed by atoms with Crippen LogP contribution in [0.25, 0.3) is 0 Å². The number of carbonyl (C=O) groups is 2. The van der Waals surface area contributed by atoms with Crippen LogP contribution in [0.3, 0.4) is 0 Å². The highest BCUT2D eigenvalue weighted by Crippen LogP contribution is 2.28. The van der Waals surface area contributed by atoms with Crippen molar-refractivity contribution in [2.45, 2.75) is 121 Å². The van der Waals surface area contributed by atoms with Gasteiger partial charge in [0.15, 0.2) is 6.10 Å². The number of esters is 1. The van der Waals surface area contributed by atoms with E-state index in [1.54, 1.807) is 24.1 Å². The van der Waals surface area contributed by atoms with E-state index in [1.807, 2.05) is 56.4 Å². The van der Waals surface area contributed by atoms with Crippen LogP contribution in [-0.2, 0) is 14.3 Å². The Bertz CT molecular complexity index is 1200. The lowest BCUT2D eigenvalue weighted by molar-refractivity contribution is -0.151. The predicted octanol–water partition coefficient (Wildman–Crippen LogP) is 5.93. The molecule has 0 saturated carbocycles. The molecule has 1 aromatic heterocycles. The molecule has 9 heteroatoms. The van der Waals surface area contributed by atoms with Crippen molar-refractivity contribution in [1.29, 1.82) is 0 Å². The summed E-state index contributed by atoms with van der Waals surface area (Å²) >= 11 is 0. The van der Waals surface area contributed by atoms with Gasteiger partial charge in [0.05, 0.1) is 12.5 Å². The van der Waals surface area contributed by atoms with Crippen LogP contribution in [-0.4, -0.2) is 93.2 Å². The van der Waals surface area contributed by atoms with E-state index in [0.29, 0.717) is 19.1 Å². The van der Waals surface area contributed by atoms with Gasteiger partial charge in [-0.1, -0.05) is 57.1 Å². The maximum atomic E-state index is 13.4. The first-order chi connectivity index (χ1) is 22.0. The third-order valence-corrected chi connectivity index (χ3v) is 9.79. The zero-order valence-corrected chi connectivity index (χ0v) is 28.2. The third kappa shape index (κ3) is 10.5. The van der Waals surface area contributed by atoms with Crippen LogP contribution < -0.4 is 0 Å². The van der Waals surface area contributed by atoms with Crippen LogP contribution in [0, 0.1) is 5.92 Å². The second-order valence-electron chi connectivity index (χ2n) is 13.7. The molecule has 6 atom stereocenters. The molecule has 0 aromatic carbocycles. The zero-order valence-electron chi connectivity index (χ0n) is 28.2. The van der Waals surface area contributed by atoms with E-state index in [9.17, 15) is 19.8 Å². The summed E-state index contributed by atoms with van der Waals surface area (Å²) in [6, 6.07) is 6.33. The molecule has 1 amide bonds. The smallest absolute Gasteiger partial charge is 0.410 e. The quantitative estimate of drug-likeness (QED) is 0.224. The molecule has 9 nitrogen and oxygen atoms in total. The highest BCUT2D eigenvalue weighted by molar-refractivity contribution is 5.70. The Morgan fingerprint density at radius 2 is 1.83 bits per heavy atom.